The molecule has 4 aromatic rings. The van der Waals surface area contributed by atoms with E-state index >= 15 is 0 Å². The van der Waals surface area contributed by atoms with Gasteiger partial charge in [-0.25, -0.2) is 9.07 Å². The number of nitrogens with zero attached hydrogens (tertiary/aromatic N) is 3. The summed E-state index contributed by atoms with van der Waals surface area (Å²) in [6, 6.07) is 13.9. The molecule has 39 heavy (non-hydrogen) atoms. The highest BCUT2D eigenvalue weighted by Gasteiger charge is 2.55. The second-order valence-electron chi connectivity index (χ2n) is 9.41. The fourth-order valence-electron chi connectivity index (χ4n) is 4.39. The van der Waals surface area contributed by atoms with Crippen LogP contribution in [0.1, 0.15) is 28.4 Å². The summed E-state index contributed by atoms with van der Waals surface area (Å²) in [7, 11) is 0. The number of nitrogens with one attached hydrogen (secondary N) is 1. The maximum atomic E-state index is 14.3. The smallest absolute Gasteiger partial charge is 0.381 e. The van der Waals surface area contributed by atoms with Crippen LogP contribution in [0.2, 0.25) is 5.02 Å². The van der Waals surface area contributed by atoms with Gasteiger partial charge in [0.1, 0.15) is 5.82 Å². The zero-order chi connectivity index (χ0) is 28.5. The van der Waals surface area contributed by atoms with Gasteiger partial charge >= 0.3 is 6.18 Å². The van der Waals surface area contributed by atoms with Crippen LogP contribution in [0.5, 0.6) is 0 Å². The van der Waals surface area contributed by atoms with E-state index < -0.39 is 36.6 Å². The molecule has 6 nitrogen and oxygen atoms in total. The van der Waals surface area contributed by atoms with Crippen LogP contribution in [0.3, 0.4) is 0 Å². The number of anilines is 1. The molecule has 0 radical (unpaired) electrons. The molecule has 3 aromatic carbocycles. The molecule has 1 atom stereocenters. The summed E-state index contributed by atoms with van der Waals surface area (Å²) in [5.74, 6) is -1.12. The molecule has 2 N–H and O–H groups in total. The van der Waals surface area contributed by atoms with E-state index in [1.807, 2.05) is 0 Å². The molecule has 4 rings (SSSR count). The first-order valence-corrected chi connectivity index (χ1v) is 12.5. The summed E-state index contributed by atoms with van der Waals surface area (Å²) in [6.45, 7) is 2.92. The van der Waals surface area contributed by atoms with Crippen LogP contribution in [-0.4, -0.2) is 57.1 Å². The van der Waals surface area contributed by atoms with E-state index in [0.717, 1.165) is 10.5 Å². The van der Waals surface area contributed by atoms with Crippen molar-refractivity contribution in [3.63, 3.8) is 0 Å². The quantitative estimate of drug-likeness (QED) is 0.247. The fourth-order valence-corrected chi connectivity index (χ4v) is 4.70. The molecule has 0 bridgehead atoms. The number of amides is 1. The molecular formula is C28H27ClF4N4O2. The number of benzene rings is 3. The van der Waals surface area contributed by atoms with Gasteiger partial charge in [0.25, 0.3) is 5.91 Å². The van der Waals surface area contributed by atoms with Crippen molar-refractivity contribution in [2.24, 2.45) is 0 Å². The second-order valence-corrected chi connectivity index (χ2v) is 9.82. The SMILES string of the molecule is CCN(CC(O)(CNc1cc(C)cc2c1cnn2-c1ccc(F)cc1)C(F)(F)F)C(=O)c1c(C)cccc1Cl. The van der Waals surface area contributed by atoms with Crippen LogP contribution in [-0.2, 0) is 0 Å². The second kappa shape index (κ2) is 10.9. The van der Waals surface area contributed by atoms with Crippen molar-refractivity contribution in [2.75, 3.05) is 25.0 Å². The van der Waals surface area contributed by atoms with E-state index in [1.54, 1.807) is 42.8 Å². The van der Waals surface area contributed by atoms with E-state index in [0.29, 0.717) is 27.8 Å². The Morgan fingerprint density at radius 3 is 2.44 bits per heavy atom. The first-order chi connectivity index (χ1) is 18.3. The van der Waals surface area contributed by atoms with Gasteiger partial charge in [0.15, 0.2) is 5.60 Å². The van der Waals surface area contributed by atoms with Gasteiger partial charge in [-0.15, -0.1) is 0 Å². The van der Waals surface area contributed by atoms with Gasteiger partial charge in [-0.05, 0) is 74.4 Å². The zero-order valence-electron chi connectivity index (χ0n) is 21.5. The molecule has 1 unspecified atom stereocenters. The lowest BCUT2D eigenvalue weighted by Gasteiger charge is -2.36. The third-order valence-corrected chi connectivity index (χ3v) is 6.88. The van der Waals surface area contributed by atoms with Crippen molar-refractivity contribution in [2.45, 2.75) is 32.5 Å². The number of alkyl halides is 3. The van der Waals surface area contributed by atoms with Crippen molar-refractivity contribution in [1.82, 2.24) is 14.7 Å². The number of carbonyl (C=O) groups is 1. The molecule has 0 aliphatic heterocycles. The molecule has 0 saturated carbocycles. The maximum absolute atomic E-state index is 14.3. The van der Waals surface area contributed by atoms with E-state index in [2.05, 4.69) is 10.4 Å². The summed E-state index contributed by atoms with van der Waals surface area (Å²) in [5.41, 5.74) is -0.481. The summed E-state index contributed by atoms with van der Waals surface area (Å²) in [6.07, 6.45) is -3.58. The maximum Gasteiger partial charge on any atom is 0.420 e. The lowest BCUT2D eigenvalue weighted by atomic mass is 10.0. The standard InChI is InChI=1S/C28H27ClF4N4O2/c1-4-36(26(38)25-18(3)6-5-7-22(25)29)16-27(39,28(31,32)33)15-34-23-12-17(2)13-24-21(23)14-35-37(24)20-10-8-19(30)9-11-20/h5-14,34,39H,4,15-16H2,1-3H3. The highest BCUT2D eigenvalue weighted by atomic mass is 35.5. The fraction of sp³-hybridized carbons (Fsp3) is 0.286. The molecule has 206 valence electrons. The number of hydrogen-bond donors (Lipinski definition) is 2. The number of aryl methyl sites for hydroxylation is 2. The van der Waals surface area contributed by atoms with Crippen LogP contribution in [0.4, 0.5) is 23.2 Å². The predicted octanol–water partition coefficient (Wildman–Crippen LogP) is 6.30. The summed E-state index contributed by atoms with van der Waals surface area (Å²) in [5, 5.41) is 18.6. The van der Waals surface area contributed by atoms with Gasteiger partial charge in [0.2, 0.25) is 0 Å². The number of aliphatic hydroxyl groups is 1. The third-order valence-electron chi connectivity index (χ3n) is 6.56. The molecule has 0 aliphatic rings. The summed E-state index contributed by atoms with van der Waals surface area (Å²) < 4.78 is 57.8. The largest absolute Gasteiger partial charge is 0.420 e. The Kier molecular flexibility index (Phi) is 7.90. The zero-order valence-corrected chi connectivity index (χ0v) is 22.2. The third kappa shape index (κ3) is 5.72. The monoisotopic (exact) mass is 562 g/mol. The molecule has 1 heterocycles. The minimum Gasteiger partial charge on any atom is -0.381 e. The van der Waals surface area contributed by atoms with Gasteiger partial charge in [-0.3, -0.25) is 4.79 Å². The number of hydrogen-bond acceptors (Lipinski definition) is 4. The van der Waals surface area contributed by atoms with Gasteiger partial charge in [0.05, 0.1) is 41.1 Å². The van der Waals surface area contributed by atoms with E-state index in [1.165, 1.54) is 43.5 Å². The number of halogens is 5. The molecule has 1 amide bonds. The van der Waals surface area contributed by atoms with Crippen molar-refractivity contribution in [3.05, 3.63) is 88.3 Å². The Labute approximate surface area is 227 Å². The lowest BCUT2D eigenvalue weighted by Crippen LogP contribution is -2.58. The summed E-state index contributed by atoms with van der Waals surface area (Å²) in [4.78, 5) is 14.1. The molecule has 0 fully saturated rings. The van der Waals surface area contributed by atoms with Crippen molar-refractivity contribution in [3.8, 4) is 5.69 Å². The van der Waals surface area contributed by atoms with Crippen molar-refractivity contribution in [1.29, 1.82) is 0 Å². The number of likely N-dealkylation sites (N-methyl/N-ethyl adjacent to an activating group) is 1. The molecular weight excluding hydrogens is 536 g/mol. The number of carbonyl (C=O) groups excluding carboxylic acids is 1. The average molecular weight is 563 g/mol. The van der Waals surface area contributed by atoms with E-state index in [9.17, 15) is 27.5 Å². The van der Waals surface area contributed by atoms with Crippen LogP contribution in [0, 0.1) is 19.7 Å². The summed E-state index contributed by atoms with van der Waals surface area (Å²) >= 11 is 6.18. The molecule has 0 spiro atoms. The Morgan fingerprint density at radius 2 is 1.82 bits per heavy atom. The Morgan fingerprint density at radius 1 is 1.13 bits per heavy atom. The minimum absolute atomic E-state index is 0.0823. The minimum atomic E-state index is -5.07. The number of fused-ring (bicyclic) bond motifs is 1. The highest BCUT2D eigenvalue weighted by Crippen LogP contribution is 2.34. The molecule has 11 heteroatoms. The number of aromatic nitrogens is 2. The Hall–Kier alpha value is -3.63. The predicted molar refractivity (Wildman–Crippen MR) is 143 cm³/mol. The van der Waals surface area contributed by atoms with Gasteiger partial charge in [-0.2, -0.15) is 18.3 Å². The van der Waals surface area contributed by atoms with Gasteiger partial charge in [0, 0.05) is 17.6 Å². The van der Waals surface area contributed by atoms with E-state index in [4.69, 9.17) is 11.6 Å². The molecule has 0 saturated heterocycles. The van der Waals surface area contributed by atoms with E-state index in [-0.39, 0.29) is 17.1 Å². The highest BCUT2D eigenvalue weighted by molar-refractivity contribution is 6.34. The van der Waals surface area contributed by atoms with Crippen LogP contribution < -0.4 is 5.32 Å². The van der Waals surface area contributed by atoms with Gasteiger partial charge < -0.3 is 15.3 Å². The number of rotatable bonds is 8. The van der Waals surface area contributed by atoms with Crippen molar-refractivity contribution >= 4 is 34.1 Å². The normalized spacial score (nSPS) is 13.4. The molecule has 1 aromatic heterocycles. The topological polar surface area (TPSA) is 70.4 Å². The van der Waals surface area contributed by atoms with Crippen LogP contribution in [0.25, 0.3) is 16.6 Å². The lowest BCUT2D eigenvalue weighted by molar-refractivity contribution is -0.257. The Balaban J connectivity index is 1.64. The Bertz CT molecular complexity index is 1480. The van der Waals surface area contributed by atoms with Crippen LogP contribution >= 0.6 is 11.6 Å². The van der Waals surface area contributed by atoms with Gasteiger partial charge in [-0.1, -0.05) is 23.7 Å². The first-order valence-electron chi connectivity index (χ1n) is 12.2. The average Bonchev–Trinajstić information content (AvgIpc) is 3.29. The first kappa shape index (κ1) is 28.4. The van der Waals surface area contributed by atoms with Crippen LogP contribution in [0.15, 0.2) is 60.8 Å². The molecule has 0 aliphatic carbocycles. The van der Waals surface area contributed by atoms with Crippen molar-refractivity contribution < 1.29 is 27.5 Å².